The van der Waals surface area contributed by atoms with Crippen LogP contribution in [0, 0.1) is 23.2 Å². The molecule has 34 heavy (non-hydrogen) atoms. The molecule has 7 rings (SSSR count). The Hall–Kier alpha value is -1.79. The Morgan fingerprint density at radius 3 is 2.88 bits per heavy atom. The van der Waals surface area contributed by atoms with Gasteiger partial charge in [0.25, 0.3) is 0 Å². The summed E-state index contributed by atoms with van der Waals surface area (Å²) in [6.07, 6.45) is 9.00. The summed E-state index contributed by atoms with van der Waals surface area (Å²) < 4.78 is 10.9. The predicted molar refractivity (Wildman–Crippen MR) is 130 cm³/mol. The maximum atomic E-state index is 13.2. The summed E-state index contributed by atoms with van der Waals surface area (Å²) in [6, 6.07) is 8.06. The lowest BCUT2D eigenvalue weighted by molar-refractivity contribution is -0.101. The zero-order valence-electron chi connectivity index (χ0n) is 20.7. The molecule has 3 saturated carbocycles. The molecule has 2 saturated heterocycles. The molecule has 1 N–H and O–H groups in total. The van der Waals surface area contributed by atoms with Crippen LogP contribution in [0.4, 0.5) is 4.79 Å². The first-order chi connectivity index (χ1) is 16.6. The predicted octanol–water partition coefficient (Wildman–Crippen LogP) is 3.43. The molecule has 0 radical (unpaired) electrons. The number of methoxy groups -OCH3 is 2. The molecule has 2 unspecified atom stereocenters. The van der Waals surface area contributed by atoms with Crippen LogP contribution in [0.3, 0.4) is 0 Å². The molecule has 2 amide bonds. The van der Waals surface area contributed by atoms with E-state index in [1.807, 2.05) is 0 Å². The molecular formula is C28H39N3O3. The minimum Gasteiger partial charge on any atom is -0.497 e. The van der Waals surface area contributed by atoms with Gasteiger partial charge in [0.05, 0.1) is 13.7 Å². The van der Waals surface area contributed by atoms with Crippen molar-refractivity contribution in [2.75, 3.05) is 47.0 Å². The molecule has 6 nitrogen and oxygen atoms in total. The van der Waals surface area contributed by atoms with Crippen molar-refractivity contribution in [1.82, 2.24) is 15.1 Å². The number of nitrogens with zero attached hydrogens (tertiary/aromatic N) is 2. The van der Waals surface area contributed by atoms with E-state index in [9.17, 15) is 4.79 Å². The SMILES string of the molecule is COCCNC(=O)N1C[C@H]2C[C@@]34CCC1C2[C@@]31CCN(CC2CC2)[C@@H]4Cc2ccc(OC)cc21. The van der Waals surface area contributed by atoms with Gasteiger partial charge in [-0.15, -0.1) is 0 Å². The second-order valence-corrected chi connectivity index (χ2v) is 12.0. The third kappa shape index (κ3) is 2.73. The zero-order valence-corrected chi connectivity index (χ0v) is 20.7. The monoisotopic (exact) mass is 465 g/mol. The molecule has 2 heterocycles. The topological polar surface area (TPSA) is 54.0 Å². The van der Waals surface area contributed by atoms with Gasteiger partial charge in [0.2, 0.25) is 0 Å². The van der Waals surface area contributed by atoms with Crippen molar-refractivity contribution in [3.05, 3.63) is 29.3 Å². The molecule has 5 fully saturated rings. The number of piperidine rings is 1. The normalized spacial score (nSPS) is 39.5. The van der Waals surface area contributed by atoms with Crippen molar-refractivity contribution in [3.63, 3.8) is 0 Å². The third-order valence-electron chi connectivity index (χ3n) is 10.8. The highest BCUT2D eigenvalue weighted by atomic mass is 16.5. The van der Waals surface area contributed by atoms with Crippen molar-refractivity contribution in [3.8, 4) is 5.75 Å². The van der Waals surface area contributed by atoms with E-state index in [2.05, 4.69) is 33.3 Å². The van der Waals surface area contributed by atoms with Crippen LogP contribution in [-0.2, 0) is 16.6 Å². The fourth-order valence-electron chi connectivity index (χ4n) is 9.66. The molecule has 1 aromatic rings. The van der Waals surface area contributed by atoms with E-state index in [1.165, 1.54) is 51.6 Å². The van der Waals surface area contributed by atoms with Crippen LogP contribution in [0.5, 0.6) is 5.75 Å². The molecule has 0 spiro atoms. The largest absolute Gasteiger partial charge is 0.497 e. The molecule has 2 aliphatic heterocycles. The first kappa shape index (κ1) is 21.5. The molecule has 6 aliphatic rings. The summed E-state index contributed by atoms with van der Waals surface area (Å²) in [4.78, 5) is 18.4. The van der Waals surface area contributed by atoms with Gasteiger partial charge in [-0.3, -0.25) is 4.90 Å². The number of carbonyl (C=O) groups excluding carboxylic acids is 1. The fraction of sp³-hybridized carbons (Fsp3) is 0.750. The Kier molecular flexibility index (Phi) is 4.81. The number of benzene rings is 1. The third-order valence-corrected chi connectivity index (χ3v) is 10.8. The summed E-state index contributed by atoms with van der Waals surface area (Å²) in [7, 11) is 3.48. The molecule has 6 atom stereocenters. The standard InChI is InChI=1S/C28H39N3O3/c1-33-12-10-29-26(32)31-17-20-15-27-8-7-23(31)25(20)28(27)9-11-30(16-18-3-4-18)24(27)13-19-5-6-21(34-2)14-22(19)28/h5-6,14,18,20,23-25H,3-4,7-13,15-17H2,1-2H3,(H,29,32)/t20-,23?,24-,25?,27-,28+/m1/s1. The van der Waals surface area contributed by atoms with E-state index >= 15 is 0 Å². The van der Waals surface area contributed by atoms with E-state index in [1.54, 1.807) is 25.3 Å². The number of rotatable bonds is 6. The Labute approximate surface area is 203 Å². The van der Waals surface area contributed by atoms with Crippen molar-refractivity contribution in [1.29, 1.82) is 0 Å². The van der Waals surface area contributed by atoms with E-state index in [4.69, 9.17) is 9.47 Å². The summed E-state index contributed by atoms with van der Waals surface area (Å²) in [5.41, 5.74) is 3.68. The van der Waals surface area contributed by atoms with Crippen molar-refractivity contribution < 1.29 is 14.3 Å². The van der Waals surface area contributed by atoms with Crippen LogP contribution < -0.4 is 10.1 Å². The van der Waals surface area contributed by atoms with Crippen LogP contribution in [0.2, 0.25) is 0 Å². The van der Waals surface area contributed by atoms with Gasteiger partial charge in [0.1, 0.15) is 5.75 Å². The second kappa shape index (κ2) is 7.60. The first-order valence-corrected chi connectivity index (χ1v) is 13.6. The molecule has 0 aromatic heterocycles. The number of nitrogens with one attached hydrogen (secondary N) is 1. The minimum atomic E-state index is 0.116. The van der Waals surface area contributed by atoms with Crippen molar-refractivity contribution >= 4 is 6.03 Å². The average molecular weight is 466 g/mol. The summed E-state index contributed by atoms with van der Waals surface area (Å²) in [5, 5.41) is 3.13. The highest BCUT2D eigenvalue weighted by molar-refractivity contribution is 5.75. The average Bonchev–Trinajstić information content (AvgIpc) is 3.53. The van der Waals surface area contributed by atoms with Crippen molar-refractivity contribution in [2.45, 2.75) is 62.4 Å². The van der Waals surface area contributed by atoms with Gasteiger partial charge < -0.3 is 19.7 Å². The Bertz CT molecular complexity index is 995. The number of amides is 2. The quantitative estimate of drug-likeness (QED) is 0.654. The maximum absolute atomic E-state index is 13.2. The van der Waals surface area contributed by atoms with Crippen molar-refractivity contribution in [2.24, 2.45) is 23.2 Å². The Morgan fingerprint density at radius 1 is 1.21 bits per heavy atom. The number of likely N-dealkylation sites (tertiary alicyclic amines) is 2. The Morgan fingerprint density at radius 2 is 2.09 bits per heavy atom. The van der Waals surface area contributed by atoms with Crippen LogP contribution in [-0.4, -0.2) is 74.9 Å². The van der Waals surface area contributed by atoms with E-state index in [-0.39, 0.29) is 11.4 Å². The molecule has 6 heteroatoms. The molecular weight excluding hydrogens is 426 g/mol. The highest BCUT2D eigenvalue weighted by Gasteiger charge is 2.76. The molecule has 184 valence electrons. The highest BCUT2D eigenvalue weighted by Crippen LogP contribution is 2.75. The zero-order chi connectivity index (χ0) is 23.1. The van der Waals surface area contributed by atoms with E-state index < -0.39 is 0 Å². The Balaban J connectivity index is 1.30. The van der Waals surface area contributed by atoms with Gasteiger partial charge in [-0.2, -0.15) is 0 Å². The summed E-state index contributed by atoms with van der Waals surface area (Å²) in [5.74, 6) is 3.12. The number of hydrogen-bond acceptors (Lipinski definition) is 4. The van der Waals surface area contributed by atoms with Gasteiger partial charge in [-0.1, -0.05) is 6.07 Å². The maximum Gasteiger partial charge on any atom is 0.317 e. The summed E-state index contributed by atoms with van der Waals surface area (Å²) in [6.45, 7) is 4.60. The van der Waals surface area contributed by atoms with E-state index in [0.29, 0.717) is 42.5 Å². The summed E-state index contributed by atoms with van der Waals surface area (Å²) >= 11 is 0. The molecule has 4 aliphatic carbocycles. The lowest BCUT2D eigenvalue weighted by Gasteiger charge is -2.66. The van der Waals surface area contributed by atoms with E-state index in [0.717, 1.165) is 24.6 Å². The lowest BCUT2D eigenvalue weighted by Crippen LogP contribution is -2.70. The van der Waals surface area contributed by atoms with Gasteiger partial charge in [-0.05, 0) is 97.9 Å². The molecule has 1 aromatic carbocycles. The fourth-order valence-corrected chi connectivity index (χ4v) is 9.66. The van der Waals surface area contributed by atoms with Crippen LogP contribution in [0.25, 0.3) is 0 Å². The molecule has 4 bridgehead atoms. The number of ether oxygens (including phenoxy) is 2. The van der Waals surface area contributed by atoms with Gasteiger partial charge in [0, 0.05) is 44.2 Å². The number of fused-ring (bicyclic) bond motifs is 1. The van der Waals surface area contributed by atoms with Gasteiger partial charge in [0.15, 0.2) is 0 Å². The van der Waals surface area contributed by atoms with Crippen LogP contribution in [0.15, 0.2) is 18.2 Å². The second-order valence-electron chi connectivity index (χ2n) is 12.0. The number of urea groups is 1. The lowest BCUT2D eigenvalue weighted by atomic mass is 9.43. The van der Waals surface area contributed by atoms with Gasteiger partial charge in [-0.25, -0.2) is 4.79 Å². The first-order valence-electron chi connectivity index (χ1n) is 13.6. The minimum absolute atomic E-state index is 0.116. The smallest absolute Gasteiger partial charge is 0.317 e. The van der Waals surface area contributed by atoms with Crippen LogP contribution in [0.1, 0.15) is 49.7 Å². The number of carbonyl (C=O) groups is 1. The van der Waals surface area contributed by atoms with Crippen LogP contribution >= 0.6 is 0 Å². The number of hydrogen-bond donors (Lipinski definition) is 1. The van der Waals surface area contributed by atoms with Gasteiger partial charge >= 0.3 is 6.03 Å².